The van der Waals surface area contributed by atoms with Crippen molar-refractivity contribution in [1.82, 2.24) is 15.5 Å². The van der Waals surface area contributed by atoms with Gasteiger partial charge in [-0.2, -0.15) is 0 Å². The summed E-state index contributed by atoms with van der Waals surface area (Å²) in [7, 11) is 0. The number of urea groups is 1. The molecule has 5 fully saturated rings. The molecule has 0 spiro atoms. The molecule has 1 aromatic rings. The molecule has 4 saturated carbocycles. The van der Waals surface area contributed by atoms with Crippen molar-refractivity contribution >= 4 is 17.8 Å². The van der Waals surface area contributed by atoms with Gasteiger partial charge in [-0.3, -0.25) is 14.5 Å². The maximum Gasteiger partial charge on any atom is 0.325 e. The lowest BCUT2D eigenvalue weighted by Crippen LogP contribution is -2.61. The van der Waals surface area contributed by atoms with Gasteiger partial charge in [-0.05, 0) is 68.3 Å². The van der Waals surface area contributed by atoms with Crippen LogP contribution in [0.25, 0.3) is 0 Å². The Morgan fingerprint density at radius 3 is 2.23 bits per heavy atom. The third-order valence-corrected chi connectivity index (χ3v) is 7.81. The molecule has 1 atom stereocenters. The summed E-state index contributed by atoms with van der Waals surface area (Å²) in [5.74, 6) is 1.65. The van der Waals surface area contributed by atoms with Crippen LogP contribution in [0.15, 0.2) is 30.3 Å². The molecule has 4 bridgehead atoms. The van der Waals surface area contributed by atoms with Crippen molar-refractivity contribution in [2.24, 2.45) is 17.8 Å². The standard InChI is InChI=1S/C24H31N3O3/c1-2-8-24(19-6-4-3-5-7-19)21(29)27(22(30)26-24)15-20(28)25-23-12-16-9-17(13-23)11-18(10-16)14-23/h3-7,16-18H,2,8-15H2,1H3,(H,25,28)(H,26,30)/t16?,17?,18?,23?,24-/m1/s1. The molecule has 6 nitrogen and oxygen atoms in total. The Balaban J connectivity index is 1.32. The van der Waals surface area contributed by atoms with Crippen molar-refractivity contribution in [3.05, 3.63) is 35.9 Å². The van der Waals surface area contributed by atoms with Gasteiger partial charge in [-0.25, -0.2) is 4.79 Å². The quantitative estimate of drug-likeness (QED) is 0.708. The van der Waals surface area contributed by atoms with Crippen molar-refractivity contribution in [2.75, 3.05) is 6.54 Å². The summed E-state index contributed by atoms with van der Waals surface area (Å²) in [6.45, 7) is 1.79. The third-order valence-electron chi connectivity index (χ3n) is 7.81. The van der Waals surface area contributed by atoms with E-state index in [2.05, 4.69) is 10.6 Å². The Labute approximate surface area is 177 Å². The van der Waals surface area contributed by atoms with Crippen LogP contribution < -0.4 is 10.6 Å². The Bertz CT molecular complexity index is 832. The van der Waals surface area contributed by atoms with Gasteiger partial charge in [0.25, 0.3) is 5.91 Å². The number of benzene rings is 1. The maximum absolute atomic E-state index is 13.4. The smallest absolute Gasteiger partial charge is 0.325 e. The highest BCUT2D eigenvalue weighted by Crippen LogP contribution is 2.55. The summed E-state index contributed by atoms with van der Waals surface area (Å²) in [6, 6.07) is 8.89. The van der Waals surface area contributed by atoms with E-state index in [1.807, 2.05) is 37.3 Å². The lowest BCUT2D eigenvalue weighted by atomic mass is 9.53. The van der Waals surface area contributed by atoms with Crippen molar-refractivity contribution < 1.29 is 14.4 Å². The molecule has 0 aromatic heterocycles. The van der Waals surface area contributed by atoms with Gasteiger partial charge in [0, 0.05) is 5.54 Å². The molecule has 5 aliphatic rings. The Kier molecular flexibility index (Phi) is 4.64. The van der Waals surface area contributed by atoms with E-state index < -0.39 is 11.6 Å². The van der Waals surface area contributed by atoms with Crippen LogP contribution >= 0.6 is 0 Å². The first-order chi connectivity index (χ1) is 14.4. The summed E-state index contributed by atoms with van der Waals surface area (Å²) in [4.78, 5) is 40.3. The van der Waals surface area contributed by atoms with Crippen molar-refractivity contribution in [2.45, 2.75) is 69.4 Å². The second-order valence-corrected chi connectivity index (χ2v) is 10.1. The molecule has 0 radical (unpaired) electrons. The molecule has 6 heteroatoms. The highest BCUT2D eigenvalue weighted by molar-refractivity contribution is 6.09. The minimum absolute atomic E-state index is 0.120. The van der Waals surface area contributed by atoms with Gasteiger partial charge in [-0.1, -0.05) is 43.7 Å². The molecular weight excluding hydrogens is 378 g/mol. The number of hydrogen-bond acceptors (Lipinski definition) is 3. The third kappa shape index (κ3) is 3.12. The molecule has 1 aromatic carbocycles. The molecule has 30 heavy (non-hydrogen) atoms. The Morgan fingerprint density at radius 1 is 1.07 bits per heavy atom. The summed E-state index contributed by atoms with van der Waals surface area (Å²) in [5.41, 5.74) is -0.423. The predicted molar refractivity (Wildman–Crippen MR) is 112 cm³/mol. The van der Waals surface area contributed by atoms with Crippen LogP contribution in [0.1, 0.15) is 63.9 Å². The molecule has 4 amide bonds. The normalized spacial score (nSPS) is 36.8. The summed E-state index contributed by atoms with van der Waals surface area (Å²) in [6.07, 6.45) is 8.32. The zero-order valence-electron chi connectivity index (χ0n) is 17.7. The van der Waals surface area contributed by atoms with E-state index >= 15 is 0 Å². The molecule has 4 aliphatic carbocycles. The van der Waals surface area contributed by atoms with Crippen LogP contribution in [-0.2, 0) is 15.1 Å². The van der Waals surface area contributed by atoms with E-state index in [0.29, 0.717) is 6.42 Å². The number of imide groups is 1. The van der Waals surface area contributed by atoms with Crippen molar-refractivity contribution in [3.8, 4) is 0 Å². The average Bonchev–Trinajstić information content (AvgIpc) is 2.92. The van der Waals surface area contributed by atoms with Crippen molar-refractivity contribution in [3.63, 3.8) is 0 Å². The number of nitrogens with zero attached hydrogens (tertiary/aromatic N) is 1. The second kappa shape index (κ2) is 7.10. The lowest BCUT2D eigenvalue weighted by molar-refractivity contribution is -0.137. The van der Waals surface area contributed by atoms with Crippen LogP contribution in [0.3, 0.4) is 0 Å². The fourth-order valence-electron chi connectivity index (χ4n) is 7.12. The Morgan fingerprint density at radius 2 is 1.67 bits per heavy atom. The van der Waals surface area contributed by atoms with E-state index in [4.69, 9.17) is 0 Å². The fraction of sp³-hybridized carbons (Fsp3) is 0.625. The van der Waals surface area contributed by atoms with Gasteiger partial charge in [0.1, 0.15) is 12.1 Å². The number of rotatable bonds is 6. The monoisotopic (exact) mass is 409 g/mol. The van der Waals surface area contributed by atoms with Crippen molar-refractivity contribution in [1.29, 1.82) is 0 Å². The van der Waals surface area contributed by atoms with Crippen LogP contribution in [0.5, 0.6) is 0 Å². The zero-order valence-corrected chi connectivity index (χ0v) is 17.7. The zero-order chi connectivity index (χ0) is 20.9. The Hall–Kier alpha value is -2.37. The van der Waals surface area contributed by atoms with E-state index in [9.17, 15) is 14.4 Å². The highest BCUT2D eigenvalue weighted by atomic mass is 16.2. The molecule has 1 saturated heterocycles. The van der Waals surface area contributed by atoms with E-state index in [1.165, 1.54) is 19.3 Å². The van der Waals surface area contributed by atoms with Gasteiger partial charge >= 0.3 is 6.03 Å². The minimum Gasteiger partial charge on any atom is -0.349 e. The van der Waals surface area contributed by atoms with Gasteiger partial charge in [0.2, 0.25) is 5.91 Å². The number of nitrogens with one attached hydrogen (secondary N) is 2. The number of hydrogen-bond donors (Lipinski definition) is 2. The van der Waals surface area contributed by atoms with Crippen LogP contribution in [0.4, 0.5) is 4.79 Å². The SMILES string of the molecule is CCC[C@]1(c2ccccc2)NC(=O)N(CC(=O)NC23CC4CC(CC(C4)C2)C3)C1=O. The minimum atomic E-state index is -1.08. The maximum atomic E-state index is 13.4. The lowest BCUT2D eigenvalue weighted by Gasteiger charge is -2.56. The summed E-state index contributed by atoms with van der Waals surface area (Å²) >= 11 is 0. The number of carbonyl (C=O) groups excluding carboxylic acids is 3. The summed E-state index contributed by atoms with van der Waals surface area (Å²) in [5, 5.41) is 6.19. The molecule has 2 N–H and O–H groups in total. The molecule has 1 aliphatic heterocycles. The number of carbonyl (C=O) groups is 3. The first-order valence-corrected chi connectivity index (χ1v) is 11.4. The predicted octanol–water partition coefficient (Wildman–Crippen LogP) is 3.32. The van der Waals surface area contributed by atoms with E-state index in [0.717, 1.165) is 53.9 Å². The molecule has 1 heterocycles. The fourth-order valence-corrected chi connectivity index (χ4v) is 7.12. The van der Waals surface area contributed by atoms with Gasteiger partial charge in [0.15, 0.2) is 0 Å². The first-order valence-electron chi connectivity index (χ1n) is 11.4. The van der Waals surface area contributed by atoms with Gasteiger partial charge in [-0.15, -0.1) is 0 Å². The number of amides is 4. The largest absolute Gasteiger partial charge is 0.349 e. The first kappa shape index (κ1) is 19.6. The van der Waals surface area contributed by atoms with Crippen LogP contribution in [-0.4, -0.2) is 34.8 Å². The van der Waals surface area contributed by atoms with Gasteiger partial charge < -0.3 is 10.6 Å². The molecule has 160 valence electrons. The second-order valence-electron chi connectivity index (χ2n) is 10.1. The molecule has 0 unspecified atom stereocenters. The highest BCUT2D eigenvalue weighted by Gasteiger charge is 2.54. The van der Waals surface area contributed by atoms with Crippen LogP contribution in [0.2, 0.25) is 0 Å². The van der Waals surface area contributed by atoms with Gasteiger partial charge in [0.05, 0.1) is 0 Å². The summed E-state index contributed by atoms with van der Waals surface area (Å²) < 4.78 is 0. The van der Waals surface area contributed by atoms with E-state index in [-0.39, 0.29) is 23.9 Å². The molecule has 6 rings (SSSR count). The van der Waals surface area contributed by atoms with E-state index in [1.54, 1.807) is 0 Å². The van der Waals surface area contributed by atoms with Crippen LogP contribution in [0, 0.1) is 17.8 Å². The topological polar surface area (TPSA) is 78.5 Å². The molecular formula is C24H31N3O3. The average molecular weight is 410 g/mol.